The van der Waals surface area contributed by atoms with Crippen LogP contribution in [0.2, 0.25) is 5.02 Å². The van der Waals surface area contributed by atoms with E-state index in [4.69, 9.17) is 17.3 Å². The van der Waals surface area contributed by atoms with Gasteiger partial charge >= 0.3 is 0 Å². The van der Waals surface area contributed by atoms with Crippen molar-refractivity contribution in [2.45, 2.75) is 13.5 Å². The zero-order chi connectivity index (χ0) is 10.8. The van der Waals surface area contributed by atoms with Gasteiger partial charge in [-0.15, -0.1) is 0 Å². The zero-order valence-electron chi connectivity index (χ0n) is 8.31. The van der Waals surface area contributed by atoms with Crippen LogP contribution in [-0.4, -0.2) is 14.8 Å². The lowest BCUT2D eigenvalue weighted by Crippen LogP contribution is -2.04. The molecule has 0 atom stereocenters. The Morgan fingerprint density at radius 1 is 1.40 bits per heavy atom. The highest BCUT2D eigenvalue weighted by Crippen LogP contribution is 2.13. The molecule has 15 heavy (non-hydrogen) atoms. The van der Waals surface area contributed by atoms with Crippen molar-refractivity contribution in [3.8, 4) is 0 Å². The largest absolute Gasteiger partial charge is 0.396 e. The summed E-state index contributed by atoms with van der Waals surface area (Å²) in [5.74, 6) is 0. The van der Waals surface area contributed by atoms with Gasteiger partial charge in [-0.1, -0.05) is 11.6 Å². The average molecular weight is 223 g/mol. The molecule has 78 valence electrons. The van der Waals surface area contributed by atoms with Crippen LogP contribution in [0.5, 0.6) is 0 Å². The van der Waals surface area contributed by atoms with Crippen LogP contribution in [0.15, 0.2) is 24.7 Å². The Morgan fingerprint density at radius 3 is 2.80 bits per heavy atom. The van der Waals surface area contributed by atoms with Crippen LogP contribution in [0, 0.1) is 6.92 Å². The van der Waals surface area contributed by atoms with E-state index >= 15 is 0 Å². The summed E-state index contributed by atoms with van der Waals surface area (Å²) < 4.78 is 1.82. The Labute approximate surface area is 92.7 Å². The van der Waals surface area contributed by atoms with Crippen molar-refractivity contribution in [2.75, 3.05) is 5.73 Å². The van der Waals surface area contributed by atoms with Gasteiger partial charge in [0.05, 0.1) is 29.1 Å². The number of halogens is 1. The summed E-state index contributed by atoms with van der Waals surface area (Å²) in [6.45, 7) is 2.57. The van der Waals surface area contributed by atoms with Crippen molar-refractivity contribution in [3.63, 3.8) is 0 Å². The lowest BCUT2D eigenvalue weighted by Gasteiger charge is -2.04. The third-order valence-electron chi connectivity index (χ3n) is 2.23. The minimum absolute atomic E-state index is 0.630. The highest BCUT2D eigenvalue weighted by atomic mass is 35.5. The number of nitrogen functional groups attached to an aromatic ring is 1. The predicted octanol–water partition coefficient (Wildman–Crippen LogP) is 1.87. The van der Waals surface area contributed by atoms with Crippen molar-refractivity contribution in [2.24, 2.45) is 0 Å². The summed E-state index contributed by atoms with van der Waals surface area (Å²) in [5.41, 5.74) is 8.36. The summed E-state index contributed by atoms with van der Waals surface area (Å²) in [5, 5.41) is 4.79. The molecule has 0 aromatic carbocycles. The van der Waals surface area contributed by atoms with Gasteiger partial charge < -0.3 is 5.73 Å². The third kappa shape index (κ3) is 2.10. The van der Waals surface area contributed by atoms with E-state index in [0.717, 1.165) is 11.3 Å². The number of nitrogens with zero attached hydrogens (tertiary/aromatic N) is 3. The third-order valence-corrected chi connectivity index (χ3v) is 2.44. The number of rotatable bonds is 2. The molecule has 0 aliphatic rings. The molecular formula is C10H11ClN4. The van der Waals surface area contributed by atoms with Crippen LogP contribution >= 0.6 is 11.6 Å². The standard InChI is InChI=1S/C10H11ClN4/c1-7-10(12)5-14-15(7)6-8-2-9(11)4-13-3-8/h2-5H,6,12H2,1H3. The van der Waals surface area contributed by atoms with Crippen LogP contribution in [0.3, 0.4) is 0 Å². The minimum Gasteiger partial charge on any atom is -0.396 e. The van der Waals surface area contributed by atoms with E-state index in [0.29, 0.717) is 17.3 Å². The lowest BCUT2D eigenvalue weighted by molar-refractivity contribution is 0.664. The second-order valence-electron chi connectivity index (χ2n) is 3.35. The van der Waals surface area contributed by atoms with E-state index in [2.05, 4.69) is 10.1 Å². The molecule has 0 saturated carbocycles. The fraction of sp³-hybridized carbons (Fsp3) is 0.200. The molecular weight excluding hydrogens is 212 g/mol. The van der Waals surface area contributed by atoms with Crippen molar-refractivity contribution >= 4 is 17.3 Å². The van der Waals surface area contributed by atoms with E-state index in [1.54, 1.807) is 18.6 Å². The van der Waals surface area contributed by atoms with Crippen molar-refractivity contribution in [3.05, 3.63) is 40.9 Å². The molecule has 0 amide bonds. The van der Waals surface area contributed by atoms with Crippen molar-refractivity contribution in [1.29, 1.82) is 0 Å². The van der Waals surface area contributed by atoms with Crippen molar-refractivity contribution < 1.29 is 0 Å². The molecule has 0 spiro atoms. The number of anilines is 1. The molecule has 2 aromatic heterocycles. The van der Waals surface area contributed by atoms with Gasteiger partial charge in [-0.25, -0.2) is 0 Å². The smallest absolute Gasteiger partial charge is 0.0730 e. The van der Waals surface area contributed by atoms with Gasteiger partial charge in [-0.05, 0) is 18.6 Å². The molecule has 0 radical (unpaired) electrons. The number of nitrogens with two attached hydrogens (primary N) is 1. The maximum absolute atomic E-state index is 5.84. The molecule has 2 aromatic rings. The highest BCUT2D eigenvalue weighted by molar-refractivity contribution is 6.30. The summed E-state index contributed by atoms with van der Waals surface area (Å²) in [7, 11) is 0. The highest BCUT2D eigenvalue weighted by Gasteiger charge is 2.03. The maximum atomic E-state index is 5.84. The molecule has 0 bridgehead atoms. The Balaban J connectivity index is 2.26. The Bertz CT molecular complexity index is 478. The lowest BCUT2D eigenvalue weighted by atomic mass is 10.3. The molecule has 5 heteroatoms. The van der Waals surface area contributed by atoms with Gasteiger partial charge in [0.15, 0.2) is 0 Å². The first kappa shape index (κ1) is 9.98. The van der Waals surface area contributed by atoms with Crippen molar-refractivity contribution in [1.82, 2.24) is 14.8 Å². The zero-order valence-corrected chi connectivity index (χ0v) is 9.07. The van der Waals surface area contributed by atoms with Crippen LogP contribution in [0.4, 0.5) is 5.69 Å². The quantitative estimate of drug-likeness (QED) is 0.844. The number of pyridine rings is 1. The molecule has 2 rings (SSSR count). The van der Waals surface area contributed by atoms with Gasteiger partial charge in [-0.2, -0.15) is 5.10 Å². The summed E-state index contributed by atoms with van der Waals surface area (Å²) in [6, 6.07) is 1.87. The second-order valence-corrected chi connectivity index (χ2v) is 3.79. The fourth-order valence-corrected chi connectivity index (χ4v) is 1.53. The molecule has 0 aliphatic carbocycles. The summed E-state index contributed by atoms with van der Waals surface area (Å²) >= 11 is 5.84. The second kappa shape index (κ2) is 3.90. The van der Waals surface area contributed by atoms with Crippen LogP contribution in [0.25, 0.3) is 0 Å². The van der Waals surface area contributed by atoms with E-state index < -0.39 is 0 Å². The van der Waals surface area contributed by atoms with E-state index in [9.17, 15) is 0 Å². The monoisotopic (exact) mass is 222 g/mol. The van der Waals surface area contributed by atoms with Gasteiger partial charge in [0.2, 0.25) is 0 Å². The topological polar surface area (TPSA) is 56.7 Å². The Kier molecular flexibility index (Phi) is 2.60. The van der Waals surface area contributed by atoms with Gasteiger partial charge in [0.1, 0.15) is 0 Å². The van der Waals surface area contributed by atoms with Gasteiger partial charge in [0, 0.05) is 12.4 Å². The summed E-state index contributed by atoms with van der Waals surface area (Å²) in [4.78, 5) is 4.01. The Morgan fingerprint density at radius 2 is 2.20 bits per heavy atom. The van der Waals surface area contributed by atoms with Crippen LogP contribution < -0.4 is 5.73 Å². The predicted molar refractivity (Wildman–Crippen MR) is 59.7 cm³/mol. The first-order valence-electron chi connectivity index (χ1n) is 4.54. The first-order chi connectivity index (χ1) is 7.16. The molecule has 4 nitrogen and oxygen atoms in total. The molecule has 2 N–H and O–H groups in total. The number of aromatic nitrogens is 3. The Hall–Kier alpha value is -1.55. The van der Waals surface area contributed by atoms with Gasteiger partial charge in [0.25, 0.3) is 0 Å². The number of hydrogen-bond donors (Lipinski definition) is 1. The molecule has 2 heterocycles. The maximum Gasteiger partial charge on any atom is 0.0730 e. The summed E-state index contributed by atoms with van der Waals surface area (Å²) in [6.07, 6.45) is 5.02. The first-order valence-corrected chi connectivity index (χ1v) is 4.92. The van der Waals surface area contributed by atoms with Crippen LogP contribution in [-0.2, 0) is 6.54 Å². The van der Waals surface area contributed by atoms with E-state index in [1.807, 2.05) is 17.7 Å². The van der Waals surface area contributed by atoms with E-state index in [-0.39, 0.29) is 0 Å². The SMILES string of the molecule is Cc1c(N)cnn1Cc1cncc(Cl)c1. The molecule has 0 aliphatic heterocycles. The molecule has 0 saturated heterocycles. The average Bonchev–Trinajstić information content (AvgIpc) is 2.50. The van der Waals surface area contributed by atoms with Crippen LogP contribution in [0.1, 0.15) is 11.3 Å². The number of hydrogen-bond acceptors (Lipinski definition) is 3. The molecule has 0 unspecified atom stereocenters. The van der Waals surface area contributed by atoms with Gasteiger partial charge in [-0.3, -0.25) is 9.67 Å². The van der Waals surface area contributed by atoms with E-state index in [1.165, 1.54) is 0 Å². The normalized spacial score (nSPS) is 10.5. The minimum atomic E-state index is 0.630. The fourth-order valence-electron chi connectivity index (χ4n) is 1.34. The molecule has 0 fully saturated rings.